The van der Waals surface area contributed by atoms with Crippen molar-refractivity contribution in [3.63, 3.8) is 0 Å². The van der Waals surface area contributed by atoms with Crippen LogP contribution in [0, 0.1) is 18.8 Å². The molecule has 1 atom stereocenters. The minimum atomic E-state index is -3.01. The summed E-state index contributed by atoms with van der Waals surface area (Å²) in [5, 5.41) is 0. The molecule has 0 saturated carbocycles. The Kier molecular flexibility index (Phi) is 5.04. The fraction of sp³-hybridized carbons (Fsp3) is 0.706. The van der Waals surface area contributed by atoms with Gasteiger partial charge in [-0.1, -0.05) is 6.07 Å². The molecular formula is C17H27N3O2S. The molecule has 0 amide bonds. The molecule has 3 rings (SSSR count). The van der Waals surface area contributed by atoms with Crippen LogP contribution in [0.15, 0.2) is 18.3 Å². The lowest BCUT2D eigenvalue weighted by atomic mass is 9.84. The summed E-state index contributed by atoms with van der Waals surface area (Å²) in [5.41, 5.74) is 2.34. The third kappa shape index (κ3) is 4.31. The third-order valence-electron chi connectivity index (χ3n) is 5.30. The highest BCUT2D eigenvalue weighted by atomic mass is 32.2. The van der Waals surface area contributed by atoms with Crippen LogP contribution in [0.2, 0.25) is 0 Å². The summed E-state index contributed by atoms with van der Waals surface area (Å²) < 4.78 is 24.8. The van der Waals surface area contributed by atoms with Gasteiger partial charge >= 0.3 is 0 Å². The van der Waals surface area contributed by atoms with E-state index >= 15 is 0 Å². The first-order valence-electron chi connectivity index (χ1n) is 8.51. The number of piperidine rings is 1. The van der Waals surface area contributed by atoms with Crippen molar-refractivity contribution < 1.29 is 8.42 Å². The smallest absolute Gasteiger partial charge is 0.211 e. The van der Waals surface area contributed by atoms with Crippen molar-refractivity contribution in [2.45, 2.75) is 32.7 Å². The Hall–Kier alpha value is -0.980. The van der Waals surface area contributed by atoms with Gasteiger partial charge in [0.15, 0.2) is 0 Å². The van der Waals surface area contributed by atoms with Crippen molar-refractivity contribution in [2.24, 2.45) is 11.8 Å². The minimum absolute atomic E-state index is 0.670. The van der Waals surface area contributed by atoms with Crippen LogP contribution in [0.1, 0.15) is 30.5 Å². The zero-order chi connectivity index (χ0) is 16.4. The number of aryl methyl sites for hydroxylation is 1. The Labute approximate surface area is 139 Å². The van der Waals surface area contributed by atoms with Gasteiger partial charge in [-0.2, -0.15) is 0 Å². The van der Waals surface area contributed by atoms with E-state index in [9.17, 15) is 8.42 Å². The van der Waals surface area contributed by atoms with Gasteiger partial charge in [0.25, 0.3) is 0 Å². The molecule has 0 N–H and O–H groups in total. The average Bonchev–Trinajstić information content (AvgIpc) is 2.97. The van der Waals surface area contributed by atoms with E-state index in [1.165, 1.54) is 18.2 Å². The van der Waals surface area contributed by atoms with E-state index in [0.29, 0.717) is 24.9 Å². The molecule has 2 aliphatic heterocycles. The Bertz CT molecular complexity index is 622. The molecule has 2 saturated heterocycles. The van der Waals surface area contributed by atoms with Crippen molar-refractivity contribution in [3.8, 4) is 0 Å². The van der Waals surface area contributed by atoms with E-state index in [2.05, 4.69) is 28.9 Å². The molecule has 128 valence electrons. The second kappa shape index (κ2) is 6.87. The molecule has 1 aromatic heterocycles. The largest absolute Gasteiger partial charge is 0.297 e. The van der Waals surface area contributed by atoms with E-state index in [-0.39, 0.29) is 0 Å². The summed E-state index contributed by atoms with van der Waals surface area (Å²) in [6.07, 6.45) is 6.50. The zero-order valence-electron chi connectivity index (χ0n) is 14.1. The number of sulfonamides is 1. The second-order valence-corrected chi connectivity index (χ2v) is 9.09. The second-order valence-electron chi connectivity index (χ2n) is 7.11. The first-order chi connectivity index (χ1) is 10.9. The standard InChI is InChI=1S/C17H27N3O2S/c1-14-3-4-17(18-11-14)13-19-8-5-16(12-19)15-6-9-20(10-7-15)23(2,21)22/h3-4,11,15-16H,5-10,12-13H2,1-2H3. The van der Waals surface area contributed by atoms with E-state index in [4.69, 9.17) is 0 Å². The topological polar surface area (TPSA) is 53.5 Å². The summed E-state index contributed by atoms with van der Waals surface area (Å²) >= 11 is 0. The maximum atomic E-state index is 11.6. The van der Waals surface area contributed by atoms with Gasteiger partial charge in [-0.15, -0.1) is 0 Å². The summed E-state index contributed by atoms with van der Waals surface area (Å²) in [6.45, 7) is 6.63. The average molecular weight is 337 g/mol. The predicted molar refractivity (Wildman–Crippen MR) is 91.5 cm³/mol. The zero-order valence-corrected chi connectivity index (χ0v) is 14.9. The molecule has 0 spiro atoms. The monoisotopic (exact) mass is 337 g/mol. The number of pyridine rings is 1. The van der Waals surface area contributed by atoms with Crippen LogP contribution in [0.5, 0.6) is 0 Å². The molecule has 1 aromatic rings. The Morgan fingerprint density at radius 2 is 1.83 bits per heavy atom. The van der Waals surface area contributed by atoms with E-state index in [0.717, 1.165) is 38.2 Å². The van der Waals surface area contributed by atoms with Gasteiger partial charge in [0, 0.05) is 32.4 Å². The van der Waals surface area contributed by atoms with Crippen molar-refractivity contribution in [3.05, 3.63) is 29.6 Å². The number of aromatic nitrogens is 1. The molecule has 2 aliphatic rings. The number of nitrogens with zero attached hydrogens (tertiary/aromatic N) is 3. The first-order valence-corrected chi connectivity index (χ1v) is 10.4. The summed E-state index contributed by atoms with van der Waals surface area (Å²) in [4.78, 5) is 6.99. The van der Waals surface area contributed by atoms with Crippen LogP contribution in [0.3, 0.4) is 0 Å². The van der Waals surface area contributed by atoms with Crippen molar-refractivity contribution in [2.75, 3.05) is 32.4 Å². The Morgan fingerprint density at radius 3 is 2.43 bits per heavy atom. The number of rotatable bonds is 4. The van der Waals surface area contributed by atoms with Crippen LogP contribution in [0.25, 0.3) is 0 Å². The lowest BCUT2D eigenvalue weighted by molar-refractivity contribution is 0.202. The summed E-state index contributed by atoms with van der Waals surface area (Å²) in [7, 11) is -3.01. The molecule has 3 heterocycles. The number of likely N-dealkylation sites (tertiary alicyclic amines) is 1. The Balaban J connectivity index is 1.49. The number of hydrogen-bond donors (Lipinski definition) is 0. The van der Waals surface area contributed by atoms with Gasteiger partial charge in [0.05, 0.1) is 11.9 Å². The van der Waals surface area contributed by atoms with Crippen LogP contribution < -0.4 is 0 Å². The van der Waals surface area contributed by atoms with Gasteiger partial charge in [0.1, 0.15) is 0 Å². The fourth-order valence-electron chi connectivity index (χ4n) is 3.89. The molecular weight excluding hydrogens is 310 g/mol. The molecule has 0 aliphatic carbocycles. The number of hydrogen-bond acceptors (Lipinski definition) is 4. The highest BCUT2D eigenvalue weighted by Crippen LogP contribution is 2.32. The predicted octanol–water partition coefficient (Wildman–Crippen LogP) is 1.88. The molecule has 6 heteroatoms. The highest BCUT2D eigenvalue weighted by Gasteiger charge is 2.33. The van der Waals surface area contributed by atoms with Gasteiger partial charge < -0.3 is 0 Å². The van der Waals surface area contributed by atoms with Crippen molar-refractivity contribution in [1.29, 1.82) is 0 Å². The fourth-order valence-corrected chi connectivity index (χ4v) is 4.76. The van der Waals surface area contributed by atoms with E-state index < -0.39 is 10.0 Å². The third-order valence-corrected chi connectivity index (χ3v) is 6.60. The maximum absolute atomic E-state index is 11.6. The minimum Gasteiger partial charge on any atom is -0.297 e. The molecule has 2 fully saturated rings. The van der Waals surface area contributed by atoms with Crippen LogP contribution >= 0.6 is 0 Å². The molecule has 23 heavy (non-hydrogen) atoms. The molecule has 0 bridgehead atoms. The SMILES string of the molecule is Cc1ccc(CN2CCC(C3CCN(S(C)(=O)=O)CC3)C2)nc1. The summed E-state index contributed by atoms with van der Waals surface area (Å²) in [6, 6.07) is 4.24. The molecule has 5 nitrogen and oxygen atoms in total. The van der Waals surface area contributed by atoms with Gasteiger partial charge in [-0.25, -0.2) is 12.7 Å². The molecule has 0 aromatic carbocycles. The highest BCUT2D eigenvalue weighted by molar-refractivity contribution is 7.88. The lowest BCUT2D eigenvalue weighted by Gasteiger charge is -2.33. The molecule has 1 unspecified atom stereocenters. The van der Waals surface area contributed by atoms with Crippen molar-refractivity contribution in [1.82, 2.24) is 14.2 Å². The normalized spacial score (nSPS) is 25.0. The van der Waals surface area contributed by atoms with Crippen LogP contribution in [0.4, 0.5) is 0 Å². The van der Waals surface area contributed by atoms with E-state index in [1.807, 2.05) is 6.20 Å². The van der Waals surface area contributed by atoms with Gasteiger partial charge in [-0.05, 0) is 56.2 Å². The van der Waals surface area contributed by atoms with Gasteiger partial charge in [-0.3, -0.25) is 9.88 Å². The quantitative estimate of drug-likeness (QED) is 0.842. The maximum Gasteiger partial charge on any atom is 0.211 e. The first kappa shape index (κ1) is 16.9. The van der Waals surface area contributed by atoms with E-state index in [1.54, 1.807) is 4.31 Å². The van der Waals surface area contributed by atoms with Gasteiger partial charge in [0.2, 0.25) is 10.0 Å². The lowest BCUT2D eigenvalue weighted by Crippen LogP contribution is -2.39. The molecule has 0 radical (unpaired) electrons. The van der Waals surface area contributed by atoms with Crippen LogP contribution in [-0.2, 0) is 16.6 Å². The summed E-state index contributed by atoms with van der Waals surface area (Å²) in [5.74, 6) is 1.38. The Morgan fingerprint density at radius 1 is 1.13 bits per heavy atom. The van der Waals surface area contributed by atoms with Crippen LogP contribution in [-0.4, -0.2) is 55.0 Å². The van der Waals surface area contributed by atoms with Crippen molar-refractivity contribution >= 4 is 10.0 Å².